The second-order valence-corrected chi connectivity index (χ2v) is 12.1. The molecule has 2 aromatic rings. The normalized spacial score (nSPS) is 22.7. The van der Waals surface area contributed by atoms with Crippen LogP contribution in [0.5, 0.6) is 0 Å². The highest BCUT2D eigenvalue weighted by Crippen LogP contribution is 2.58. The van der Waals surface area contributed by atoms with Crippen molar-refractivity contribution < 1.29 is 9.59 Å². The number of carbonyl (C=O) groups is 2. The van der Waals surface area contributed by atoms with Gasteiger partial charge in [-0.05, 0) is 73.5 Å². The Morgan fingerprint density at radius 3 is 2.43 bits per heavy atom. The van der Waals surface area contributed by atoms with E-state index in [1.54, 1.807) is 30.2 Å². The molecule has 3 heterocycles. The zero-order valence-corrected chi connectivity index (χ0v) is 22.7. The van der Waals surface area contributed by atoms with E-state index in [0.717, 1.165) is 38.0 Å². The first-order chi connectivity index (χ1) is 17.8. The largest absolute Gasteiger partial charge is 0.353 e. The molecule has 2 aromatic heterocycles. The Morgan fingerprint density at radius 2 is 1.86 bits per heavy atom. The van der Waals surface area contributed by atoms with Crippen LogP contribution in [0.1, 0.15) is 82.6 Å². The number of piperidine rings is 1. The summed E-state index contributed by atoms with van der Waals surface area (Å²) in [5, 5.41) is 10.3. The zero-order chi connectivity index (χ0) is 26.2. The van der Waals surface area contributed by atoms with E-state index in [4.69, 9.17) is 4.98 Å². The molecule has 8 heteroatoms. The highest BCUT2D eigenvalue weighted by Gasteiger charge is 2.54. The molecule has 0 bridgehead atoms. The summed E-state index contributed by atoms with van der Waals surface area (Å²) < 4.78 is 1.55. The first kappa shape index (κ1) is 25.7. The van der Waals surface area contributed by atoms with Crippen LogP contribution in [0.15, 0.2) is 30.6 Å². The SMILES string of the molecule is CC(C)[C@H]1CCCCN1c1ccc(NC(=O)[C@@H](NC(=O)c2ccnn2C)C(C2CCC2)C2(C)CC2)cn1. The fraction of sp³-hybridized carbons (Fsp3) is 0.655. The van der Waals surface area contributed by atoms with Crippen LogP contribution in [-0.2, 0) is 11.8 Å². The van der Waals surface area contributed by atoms with Crippen molar-refractivity contribution in [3.63, 3.8) is 0 Å². The number of carbonyl (C=O) groups excluding carboxylic acids is 2. The highest BCUT2D eigenvalue weighted by atomic mass is 16.2. The van der Waals surface area contributed by atoms with Crippen molar-refractivity contribution in [2.45, 2.75) is 84.2 Å². The third kappa shape index (κ3) is 5.39. The number of aryl methyl sites for hydroxylation is 1. The third-order valence-electron chi connectivity index (χ3n) is 9.11. The zero-order valence-electron chi connectivity index (χ0n) is 22.7. The second-order valence-electron chi connectivity index (χ2n) is 12.1. The minimum Gasteiger partial charge on any atom is -0.353 e. The van der Waals surface area contributed by atoms with E-state index in [2.05, 4.69) is 41.4 Å². The van der Waals surface area contributed by atoms with Crippen molar-refractivity contribution in [1.82, 2.24) is 20.1 Å². The molecule has 2 aliphatic carbocycles. The van der Waals surface area contributed by atoms with Gasteiger partial charge in [0.05, 0.1) is 11.9 Å². The van der Waals surface area contributed by atoms with E-state index >= 15 is 0 Å². The van der Waals surface area contributed by atoms with Gasteiger partial charge in [0.15, 0.2) is 0 Å². The maximum atomic E-state index is 13.8. The van der Waals surface area contributed by atoms with Gasteiger partial charge in [0, 0.05) is 25.8 Å². The number of rotatable bonds is 9. The number of pyridine rings is 1. The number of anilines is 2. The highest BCUT2D eigenvalue weighted by molar-refractivity contribution is 6.00. The van der Waals surface area contributed by atoms with E-state index in [1.807, 2.05) is 12.1 Å². The second kappa shape index (κ2) is 10.5. The van der Waals surface area contributed by atoms with Crippen LogP contribution in [0.3, 0.4) is 0 Å². The lowest BCUT2D eigenvalue weighted by Crippen LogP contribution is -2.54. The van der Waals surface area contributed by atoms with Crippen molar-refractivity contribution in [2.75, 3.05) is 16.8 Å². The van der Waals surface area contributed by atoms with Gasteiger partial charge in [0.25, 0.3) is 5.91 Å². The molecule has 0 spiro atoms. The van der Waals surface area contributed by atoms with Crippen molar-refractivity contribution in [2.24, 2.45) is 30.2 Å². The predicted octanol–water partition coefficient (Wildman–Crippen LogP) is 4.78. The van der Waals surface area contributed by atoms with Crippen LogP contribution in [0.25, 0.3) is 0 Å². The van der Waals surface area contributed by atoms with Gasteiger partial charge in [0.1, 0.15) is 17.6 Å². The lowest BCUT2D eigenvalue weighted by molar-refractivity contribution is -0.121. The Bertz CT molecular complexity index is 1100. The quantitative estimate of drug-likeness (QED) is 0.511. The summed E-state index contributed by atoms with van der Waals surface area (Å²) in [6.45, 7) is 7.84. The molecule has 1 aliphatic heterocycles. The lowest BCUT2D eigenvalue weighted by atomic mass is 9.66. The Balaban J connectivity index is 1.35. The van der Waals surface area contributed by atoms with E-state index in [1.165, 1.54) is 25.7 Å². The molecule has 2 N–H and O–H groups in total. The fourth-order valence-electron chi connectivity index (χ4n) is 6.49. The van der Waals surface area contributed by atoms with E-state index in [9.17, 15) is 9.59 Å². The summed E-state index contributed by atoms with van der Waals surface area (Å²) in [4.78, 5) is 34.2. The average Bonchev–Trinajstić information content (AvgIpc) is 3.45. The topological polar surface area (TPSA) is 92.2 Å². The Morgan fingerprint density at radius 1 is 1.08 bits per heavy atom. The standard InChI is InChI=1S/C29H42N6O2/c1-19(2)22-10-5-6-17-35(22)24-12-11-21(18-30-24)32-28(37)26(33-27(36)23-13-16-31-34(23)4)25(20-8-7-9-20)29(3)14-15-29/h11-13,16,18-20,22,25-26H,5-10,14-15,17H2,1-4H3,(H,32,37)(H,33,36)/t22-,25?,26+/m1/s1. The van der Waals surface area contributed by atoms with Gasteiger partial charge in [-0.2, -0.15) is 5.10 Å². The monoisotopic (exact) mass is 506 g/mol. The smallest absolute Gasteiger partial charge is 0.270 e. The minimum atomic E-state index is -0.604. The molecule has 2 saturated carbocycles. The average molecular weight is 507 g/mol. The summed E-state index contributed by atoms with van der Waals surface area (Å²) in [6.07, 6.45) is 12.6. The maximum Gasteiger partial charge on any atom is 0.270 e. The van der Waals surface area contributed by atoms with Crippen LogP contribution in [0.4, 0.5) is 11.5 Å². The number of amides is 2. The molecule has 3 aliphatic rings. The van der Waals surface area contributed by atoms with Crippen LogP contribution < -0.4 is 15.5 Å². The summed E-state index contributed by atoms with van der Waals surface area (Å²) in [7, 11) is 1.75. The molecule has 0 aromatic carbocycles. The Hall–Kier alpha value is -2.90. The first-order valence-electron chi connectivity index (χ1n) is 14.1. The Labute approximate surface area is 220 Å². The van der Waals surface area contributed by atoms with Gasteiger partial charge in [-0.25, -0.2) is 4.98 Å². The molecular weight excluding hydrogens is 464 g/mol. The molecule has 200 valence electrons. The molecule has 3 fully saturated rings. The molecule has 1 unspecified atom stereocenters. The van der Waals surface area contributed by atoms with Gasteiger partial charge in [-0.3, -0.25) is 14.3 Å². The number of aromatic nitrogens is 3. The summed E-state index contributed by atoms with van der Waals surface area (Å²) in [5.41, 5.74) is 1.22. The number of hydrogen-bond donors (Lipinski definition) is 2. The van der Waals surface area contributed by atoms with E-state index in [-0.39, 0.29) is 23.1 Å². The van der Waals surface area contributed by atoms with Crippen molar-refractivity contribution >= 4 is 23.3 Å². The minimum absolute atomic E-state index is 0.0923. The summed E-state index contributed by atoms with van der Waals surface area (Å²) >= 11 is 0. The van der Waals surface area contributed by atoms with Crippen molar-refractivity contribution in [3.05, 3.63) is 36.3 Å². The number of nitrogens with zero attached hydrogens (tertiary/aromatic N) is 4. The van der Waals surface area contributed by atoms with Crippen LogP contribution in [0.2, 0.25) is 0 Å². The van der Waals surface area contributed by atoms with Gasteiger partial charge < -0.3 is 15.5 Å². The Kier molecular flexibility index (Phi) is 7.28. The van der Waals surface area contributed by atoms with Crippen molar-refractivity contribution in [3.8, 4) is 0 Å². The lowest BCUT2D eigenvalue weighted by Gasteiger charge is -2.42. The molecule has 2 amide bonds. The van der Waals surface area contributed by atoms with Gasteiger partial charge in [-0.15, -0.1) is 0 Å². The summed E-state index contributed by atoms with van der Waals surface area (Å²) in [5.74, 6) is 1.70. The molecule has 1 saturated heterocycles. The molecule has 0 radical (unpaired) electrons. The maximum absolute atomic E-state index is 13.8. The number of hydrogen-bond acceptors (Lipinski definition) is 5. The molecule has 5 rings (SSSR count). The van der Waals surface area contributed by atoms with E-state index in [0.29, 0.717) is 29.3 Å². The van der Waals surface area contributed by atoms with Gasteiger partial charge in [-0.1, -0.05) is 40.0 Å². The fourth-order valence-corrected chi connectivity index (χ4v) is 6.49. The van der Waals surface area contributed by atoms with Crippen LogP contribution in [0, 0.1) is 23.2 Å². The van der Waals surface area contributed by atoms with Gasteiger partial charge in [0.2, 0.25) is 5.91 Å². The third-order valence-corrected chi connectivity index (χ3v) is 9.11. The van der Waals surface area contributed by atoms with Gasteiger partial charge >= 0.3 is 0 Å². The van der Waals surface area contributed by atoms with Crippen molar-refractivity contribution in [1.29, 1.82) is 0 Å². The summed E-state index contributed by atoms with van der Waals surface area (Å²) in [6, 6.07) is 5.55. The molecule has 3 atom stereocenters. The molecule has 8 nitrogen and oxygen atoms in total. The van der Waals surface area contributed by atoms with Crippen LogP contribution in [-0.4, -0.2) is 45.2 Å². The molecule has 37 heavy (non-hydrogen) atoms. The van der Waals surface area contributed by atoms with E-state index < -0.39 is 6.04 Å². The van der Waals surface area contributed by atoms with Crippen LogP contribution >= 0.6 is 0 Å². The number of nitrogens with one attached hydrogen (secondary N) is 2. The predicted molar refractivity (Wildman–Crippen MR) is 145 cm³/mol. The first-order valence-corrected chi connectivity index (χ1v) is 14.1. The molecular formula is C29H42N6O2.